The van der Waals surface area contributed by atoms with Crippen LogP contribution in [0.15, 0.2) is 72.8 Å². The van der Waals surface area contributed by atoms with E-state index in [4.69, 9.17) is 0 Å². The van der Waals surface area contributed by atoms with Gasteiger partial charge in [0.15, 0.2) is 0 Å². The van der Waals surface area contributed by atoms with E-state index in [-0.39, 0.29) is 11.4 Å². The van der Waals surface area contributed by atoms with Crippen LogP contribution in [-0.2, 0) is 0 Å². The van der Waals surface area contributed by atoms with Crippen LogP contribution in [0.25, 0.3) is 21.8 Å². The lowest BCUT2D eigenvalue weighted by molar-refractivity contribution is 0.0811. The van der Waals surface area contributed by atoms with E-state index < -0.39 is 11.6 Å². The van der Waals surface area contributed by atoms with Crippen LogP contribution in [0.1, 0.15) is 21.0 Å². The average molecular weight is 312 g/mol. The molecular formula is C20H12N2O2. The first kappa shape index (κ1) is 14.2. The second-order valence-electron chi connectivity index (χ2n) is 5.44. The van der Waals surface area contributed by atoms with Crippen LogP contribution < -0.4 is 0 Å². The molecule has 2 aromatic heterocycles. The van der Waals surface area contributed by atoms with Gasteiger partial charge in [-0.1, -0.05) is 48.5 Å². The number of pyridine rings is 2. The minimum absolute atomic E-state index is 0.133. The van der Waals surface area contributed by atoms with Gasteiger partial charge in [0.2, 0.25) is 0 Å². The molecule has 114 valence electrons. The van der Waals surface area contributed by atoms with Gasteiger partial charge >= 0.3 is 0 Å². The third kappa shape index (κ3) is 2.44. The van der Waals surface area contributed by atoms with Crippen LogP contribution in [0.5, 0.6) is 0 Å². The summed E-state index contributed by atoms with van der Waals surface area (Å²) in [6.45, 7) is 0. The third-order valence-corrected chi connectivity index (χ3v) is 3.87. The van der Waals surface area contributed by atoms with Crippen molar-refractivity contribution in [3.05, 3.63) is 84.2 Å². The first-order chi connectivity index (χ1) is 11.7. The van der Waals surface area contributed by atoms with Crippen molar-refractivity contribution in [2.75, 3.05) is 0 Å². The Morgan fingerprint density at radius 1 is 0.542 bits per heavy atom. The predicted octanol–water partition coefficient (Wildman–Crippen LogP) is 3.85. The number of rotatable bonds is 3. The third-order valence-electron chi connectivity index (χ3n) is 3.87. The van der Waals surface area contributed by atoms with Gasteiger partial charge < -0.3 is 0 Å². The van der Waals surface area contributed by atoms with Gasteiger partial charge in [-0.25, -0.2) is 9.97 Å². The number of para-hydroxylation sites is 2. The average Bonchev–Trinajstić information content (AvgIpc) is 2.66. The number of benzene rings is 2. The van der Waals surface area contributed by atoms with E-state index in [0.717, 1.165) is 10.8 Å². The van der Waals surface area contributed by atoms with Crippen molar-refractivity contribution < 1.29 is 9.59 Å². The van der Waals surface area contributed by atoms with Crippen LogP contribution >= 0.6 is 0 Å². The molecule has 4 heteroatoms. The molecular weight excluding hydrogens is 300 g/mol. The lowest BCUT2D eigenvalue weighted by Crippen LogP contribution is -2.17. The number of Topliss-reactive ketones (excluding diaryl/α,β-unsaturated/α-hetero) is 2. The van der Waals surface area contributed by atoms with Crippen molar-refractivity contribution in [2.24, 2.45) is 0 Å². The van der Waals surface area contributed by atoms with Crippen molar-refractivity contribution in [3.8, 4) is 0 Å². The number of hydrogen-bond acceptors (Lipinski definition) is 4. The highest BCUT2D eigenvalue weighted by Crippen LogP contribution is 2.15. The summed E-state index contributed by atoms with van der Waals surface area (Å²) in [5.41, 5.74) is 1.63. The first-order valence-electron chi connectivity index (χ1n) is 7.53. The fourth-order valence-corrected chi connectivity index (χ4v) is 2.62. The lowest BCUT2D eigenvalue weighted by Gasteiger charge is -2.03. The summed E-state index contributed by atoms with van der Waals surface area (Å²) in [5, 5.41) is 1.84. The zero-order valence-electron chi connectivity index (χ0n) is 12.6. The van der Waals surface area contributed by atoms with E-state index in [1.165, 1.54) is 0 Å². The first-order valence-corrected chi connectivity index (χ1v) is 7.53. The Balaban J connectivity index is 1.72. The molecule has 0 bridgehead atoms. The van der Waals surface area contributed by atoms with E-state index in [0.29, 0.717) is 11.0 Å². The highest BCUT2D eigenvalue weighted by molar-refractivity contribution is 6.48. The van der Waals surface area contributed by atoms with Crippen LogP contribution in [-0.4, -0.2) is 21.5 Å². The number of hydrogen-bond donors (Lipinski definition) is 0. The molecule has 0 spiro atoms. The monoisotopic (exact) mass is 312 g/mol. The maximum Gasteiger partial charge on any atom is 0.253 e. The smallest absolute Gasteiger partial charge is 0.253 e. The van der Waals surface area contributed by atoms with Gasteiger partial charge in [-0.05, 0) is 24.3 Å². The Labute approximate surface area is 137 Å². The number of nitrogens with zero attached hydrogens (tertiary/aromatic N) is 2. The van der Waals surface area contributed by atoms with Crippen molar-refractivity contribution in [1.29, 1.82) is 0 Å². The van der Waals surface area contributed by atoms with Crippen LogP contribution in [0.2, 0.25) is 0 Å². The van der Waals surface area contributed by atoms with Crippen molar-refractivity contribution >= 4 is 33.4 Å². The molecule has 0 aliphatic carbocycles. The second-order valence-corrected chi connectivity index (χ2v) is 5.44. The number of ketones is 2. The number of fused-ring (bicyclic) bond motifs is 2. The molecule has 0 aliphatic rings. The molecule has 0 saturated carbocycles. The molecule has 4 rings (SSSR count). The molecule has 0 atom stereocenters. The van der Waals surface area contributed by atoms with Gasteiger partial charge in [-0.15, -0.1) is 0 Å². The molecule has 2 aromatic carbocycles. The maximum atomic E-state index is 12.5. The van der Waals surface area contributed by atoms with Crippen LogP contribution in [0.3, 0.4) is 0 Å². The highest BCUT2D eigenvalue weighted by atomic mass is 16.2. The Kier molecular flexibility index (Phi) is 3.35. The minimum Gasteiger partial charge on any atom is -0.283 e. The van der Waals surface area contributed by atoms with Crippen molar-refractivity contribution in [3.63, 3.8) is 0 Å². The van der Waals surface area contributed by atoms with E-state index >= 15 is 0 Å². The zero-order chi connectivity index (χ0) is 16.5. The quantitative estimate of drug-likeness (QED) is 0.426. The van der Waals surface area contributed by atoms with E-state index in [9.17, 15) is 9.59 Å². The molecule has 0 N–H and O–H groups in total. The van der Waals surface area contributed by atoms with Gasteiger partial charge in [-0.2, -0.15) is 0 Å². The molecule has 0 radical (unpaired) electrons. The van der Waals surface area contributed by atoms with Crippen LogP contribution in [0.4, 0.5) is 0 Å². The summed E-state index contributed by atoms with van der Waals surface area (Å²) in [5.74, 6) is -1.30. The lowest BCUT2D eigenvalue weighted by atomic mass is 10.1. The second kappa shape index (κ2) is 5.66. The highest BCUT2D eigenvalue weighted by Gasteiger charge is 2.21. The van der Waals surface area contributed by atoms with E-state index in [1.54, 1.807) is 24.3 Å². The Hall–Kier alpha value is -3.40. The molecule has 0 unspecified atom stereocenters. The Morgan fingerprint density at radius 3 is 1.42 bits per heavy atom. The summed E-state index contributed by atoms with van der Waals surface area (Å²) in [7, 11) is 0. The Bertz CT molecular complexity index is 1010. The molecule has 0 saturated heterocycles. The molecule has 0 amide bonds. The van der Waals surface area contributed by atoms with Gasteiger partial charge in [0.05, 0.1) is 11.0 Å². The molecule has 2 heterocycles. The van der Waals surface area contributed by atoms with Gasteiger partial charge in [0.1, 0.15) is 11.4 Å². The van der Waals surface area contributed by atoms with E-state index in [2.05, 4.69) is 9.97 Å². The summed E-state index contributed by atoms with van der Waals surface area (Å²) in [4.78, 5) is 33.5. The normalized spacial score (nSPS) is 10.8. The number of aromatic nitrogens is 2. The molecule has 24 heavy (non-hydrogen) atoms. The SMILES string of the molecule is O=C(C(=O)c1ccc2ccccc2n1)c1ccc2ccccc2n1. The zero-order valence-corrected chi connectivity index (χ0v) is 12.6. The van der Waals surface area contributed by atoms with Crippen LogP contribution in [0, 0.1) is 0 Å². The van der Waals surface area contributed by atoms with Gasteiger partial charge in [0, 0.05) is 10.8 Å². The molecule has 0 aliphatic heterocycles. The number of carbonyl (C=O) groups is 2. The summed E-state index contributed by atoms with van der Waals surface area (Å²) in [6, 6.07) is 21.6. The standard InChI is InChI=1S/C20H12N2O2/c23-19(17-11-9-13-5-1-3-7-15(13)21-17)20(24)18-12-10-14-6-2-4-8-16(14)22-18/h1-12H. The van der Waals surface area contributed by atoms with Crippen molar-refractivity contribution in [2.45, 2.75) is 0 Å². The molecule has 4 nitrogen and oxygen atoms in total. The minimum atomic E-state index is -0.650. The maximum absolute atomic E-state index is 12.5. The fourth-order valence-electron chi connectivity index (χ4n) is 2.62. The Morgan fingerprint density at radius 2 is 0.958 bits per heavy atom. The molecule has 0 fully saturated rings. The van der Waals surface area contributed by atoms with Crippen molar-refractivity contribution in [1.82, 2.24) is 9.97 Å². The number of carbonyl (C=O) groups excluding carboxylic acids is 2. The fraction of sp³-hybridized carbons (Fsp3) is 0. The topological polar surface area (TPSA) is 59.9 Å². The predicted molar refractivity (Wildman–Crippen MR) is 92.1 cm³/mol. The summed E-state index contributed by atoms with van der Waals surface area (Å²) < 4.78 is 0. The van der Waals surface area contributed by atoms with E-state index in [1.807, 2.05) is 48.5 Å². The summed E-state index contributed by atoms with van der Waals surface area (Å²) >= 11 is 0. The van der Waals surface area contributed by atoms with Gasteiger partial charge in [0.25, 0.3) is 11.6 Å². The molecule has 4 aromatic rings. The summed E-state index contributed by atoms with van der Waals surface area (Å²) in [6.07, 6.45) is 0. The van der Waals surface area contributed by atoms with Gasteiger partial charge in [-0.3, -0.25) is 9.59 Å². The largest absolute Gasteiger partial charge is 0.283 e.